The Morgan fingerprint density at radius 2 is 1.83 bits per heavy atom. The molecule has 0 saturated heterocycles. The van der Waals surface area contributed by atoms with Crippen LogP contribution < -0.4 is 0 Å². The summed E-state index contributed by atoms with van der Waals surface area (Å²) in [5, 5.41) is 0. The van der Waals surface area contributed by atoms with Gasteiger partial charge in [-0.05, 0) is 12.7 Å². The fraction of sp³-hybridized carbons (Fsp3) is 0.500. The summed E-state index contributed by atoms with van der Waals surface area (Å²) in [6, 6.07) is 0. The van der Waals surface area contributed by atoms with Gasteiger partial charge in [0.25, 0.3) is 0 Å². The van der Waals surface area contributed by atoms with E-state index in [1.54, 1.807) is 6.92 Å². The van der Waals surface area contributed by atoms with Crippen LogP contribution >= 0.6 is 0 Å². The summed E-state index contributed by atoms with van der Waals surface area (Å²) in [4.78, 5) is 9.76. The monoisotopic (exact) mass is 255 g/mol. The minimum Gasteiger partial charge on any atom is -0.335 e. The number of Topliss-reactive ketones (excluding diaryl/α,β-unsaturated/α-hetero) is 1. The molecule has 0 aliphatic rings. The third-order valence-electron chi connectivity index (χ3n) is 0.407. The van der Waals surface area contributed by atoms with E-state index in [0.717, 1.165) is 0 Å². The van der Waals surface area contributed by atoms with Crippen LogP contribution in [0.4, 0.5) is 0 Å². The van der Waals surface area contributed by atoms with Crippen molar-refractivity contribution in [2.45, 2.75) is 13.8 Å². The quantitative estimate of drug-likeness (QED) is 0.633. The van der Waals surface area contributed by atoms with Crippen LogP contribution in [0.5, 0.6) is 0 Å². The maximum absolute atomic E-state index is 9.76. The number of hydrogen-bond donors (Lipinski definition) is 0. The second-order valence-corrected chi connectivity index (χ2v) is 0.899. The predicted octanol–water partition coefficient (Wildman–Crippen LogP) is 0.797. The van der Waals surface area contributed by atoms with Crippen molar-refractivity contribution in [1.29, 1.82) is 0 Å². The van der Waals surface area contributed by atoms with Crippen molar-refractivity contribution in [2.24, 2.45) is 0 Å². The van der Waals surface area contributed by atoms with Crippen LogP contribution in [0.2, 0.25) is 0 Å². The van der Waals surface area contributed by atoms with Gasteiger partial charge in [-0.1, -0.05) is 0 Å². The molecule has 2 heteroatoms. The first-order chi connectivity index (χ1) is 2.27. The standard InChI is InChI=1S/C4H7O.W/c1-3-4(2)5;/h3H,1-2H3;/q-1;+2. The molecule has 6 heavy (non-hydrogen) atoms. The van der Waals surface area contributed by atoms with Crippen LogP contribution in [0.25, 0.3) is 0 Å². The van der Waals surface area contributed by atoms with Gasteiger partial charge in [0.05, 0.1) is 0 Å². The van der Waals surface area contributed by atoms with Crippen LogP contribution in [0.1, 0.15) is 13.8 Å². The number of hydrogen-bond acceptors (Lipinski definition) is 1. The summed E-state index contributed by atoms with van der Waals surface area (Å²) in [6.45, 7) is 3.25. The zero-order valence-electron chi connectivity index (χ0n) is 3.89. The maximum atomic E-state index is 9.76. The average molecular weight is 255 g/mol. The Labute approximate surface area is 52.4 Å². The first-order valence-corrected chi connectivity index (χ1v) is 1.57. The molecule has 0 aromatic rings. The van der Waals surface area contributed by atoms with E-state index in [0.29, 0.717) is 0 Å². The molecule has 0 fully saturated rings. The van der Waals surface area contributed by atoms with Gasteiger partial charge in [0, 0.05) is 0 Å². The van der Waals surface area contributed by atoms with Crippen molar-refractivity contribution in [3.05, 3.63) is 6.42 Å². The molecule has 0 N–H and O–H groups in total. The molecule has 0 radical (unpaired) electrons. The number of carbonyl (C=O) groups excluding carboxylic acids is 1. The normalized spacial score (nSPS) is 5.67. The second kappa shape index (κ2) is 5.23. The molecular weight excluding hydrogens is 248 g/mol. The topological polar surface area (TPSA) is 17.1 Å². The summed E-state index contributed by atoms with van der Waals surface area (Å²) in [6.07, 6.45) is 1.53. The van der Waals surface area contributed by atoms with Crippen molar-refractivity contribution in [3.8, 4) is 0 Å². The van der Waals surface area contributed by atoms with Crippen LogP contribution in [-0.2, 0) is 25.9 Å². The maximum Gasteiger partial charge on any atom is 2.00 e. The van der Waals surface area contributed by atoms with E-state index < -0.39 is 0 Å². The van der Waals surface area contributed by atoms with Crippen LogP contribution in [0.15, 0.2) is 0 Å². The van der Waals surface area contributed by atoms with Gasteiger partial charge in [-0.3, -0.25) is 0 Å². The molecule has 0 saturated carbocycles. The molecule has 1 nitrogen and oxygen atoms in total. The van der Waals surface area contributed by atoms with Crippen molar-refractivity contribution >= 4 is 5.78 Å². The van der Waals surface area contributed by atoms with Crippen molar-refractivity contribution in [1.82, 2.24) is 0 Å². The first kappa shape index (κ1) is 9.52. The van der Waals surface area contributed by atoms with Crippen LogP contribution in [-0.4, -0.2) is 5.78 Å². The molecular formula is C4H7OW+. The fourth-order valence-corrected chi connectivity index (χ4v) is 0. The Kier molecular flexibility index (Phi) is 8.30. The van der Waals surface area contributed by atoms with Gasteiger partial charge in [-0.25, -0.2) is 0 Å². The predicted molar refractivity (Wildman–Crippen MR) is 20.7 cm³/mol. The summed E-state index contributed by atoms with van der Waals surface area (Å²) in [5.74, 6) is 0.130. The van der Waals surface area contributed by atoms with Crippen molar-refractivity contribution < 1.29 is 25.9 Å². The molecule has 0 amide bonds. The molecule has 0 rings (SSSR count). The van der Waals surface area contributed by atoms with Gasteiger partial charge in [-0.2, -0.15) is 6.92 Å². The van der Waals surface area contributed by atoms with Gasteiger partial charge in [-0.15, -0.1) is 0 Å². The zero-order chi connectivity index (χ0) is 4.28. The van der Waals surface area contributed by atoms with Gasteiger partial charge in [0.15, 0.2) is 0 Å². The van der Waals surface area contributed by atoms with Crippen molar-refractivity contribution in [2.75, 3.05) is 0 Å². The smallest absolute Gasteiger partial charge is 0.335 e. The first-order valence-electron chi connectivity index (χ1n) is 1.57. The van der Waals surface area contributed by atoms with E-state index in [1.165, 1.54) is 13.3 Å². The molecule has 0 aromatic carbocycles. The van der Waals surface area contributed by atoms with Gasteiger partial charge in [0.1, 0.15) is 0 Å². The van der Waals surface area contributed by atoms with E-state index in [1.807, 2.05) is 0 Å². The van der Waals surface area contributed by atoms with E-state index in [4.69, 9.17) is 0 Å². The summed E-state index contributed by atoms with van der Waals surface area (Å²) < 4.78 is 0. The third kappa shape index (κ3) is 8.87. The Hall–Kier alpha value is 0.228. The molecule has 34 valence electrons. The Morgan fingerprint density at radius 1 is 1.67 bits per heavy atom. The number of ketones is 1. The molecule has 0 bridgehead atoms. The van der Waals surface area contributed by atoms with E-state index in [-0.39, 0.29) is 26.8 Å². The van der Waals surface area contributed by atoms with Gasteiger partial charge < -0.3 is 11.2 Å². The third-order valence-corrected chi connectivity index (χ3v) is 0.407. The zero-order valence-corrected chi connectivity index (χ0v) is 6.83. The van der Waals surface area contributed by atoms with Gasteiger partial charge >= 0.3 is 21.1 Å². The van der Waals surface area contributed by atoms with E-state index >= 15 is 0 Å². The second-order valence-electron chi connectivity index (χ2n) is 0.899. The van der Waals surface area contributed by atoms with Crippen LogP contribution in [0, 0.1) is 6.42 Å². The molecule has 0 aromatic heterocycles. The molecule has 0 unspecified atom stereocenters. The number of carbonyl (C=O) groups is 1. The van der Waals surface area contributed by atoms with Crippen LogP contribution in [0.3, 0.4) is 0 Å². The molecule has 0 atom stereocenters. The SMILES string of the molecule is C[CH-]C(C)=O.[W+2]. The Balaban J connectivity index is 0. The molecule has 0 aliphatic carbocycles. The molecule has 0 heterocycles. The van der Waals surface area contributed by atoms with Gasteiger partial charge in [0.2, 0.25) is 0 Å². The summed E-state index contributed by atoms with van der Waals surface area (Å²) >= 11 is 0. The molecule has 0 aliphatic heterocycles. The average Bonchev–Trinajstić information content (AvgIpc) is 1.38. The van der Waals surface area contributed by atoms with E-state index in [2.05, 4.69) is 0 Å². The summed E-state index contributed by atoms with van der Waals surface area (Å²) in [7, 11) is 0. The number of rotatable bonds is 1. The van der Waals surface area contributed by atoms with Crippen molar-refractivity contribution in [3.63, 3.8) is 0 Å². The Morgan fingerprint density at radius 3 is 1.83 bits per heavy atom. The Bertz CT molecular complexity index is 42.8. The summed E-state index contributed by atoms with van der Waals surface area (Å²) in [5.41, 5.74) is 0. The minimum absolute atomic E-state index is 0. The van der Waals surface area contributed by atoms with E-state index in [9.17, 15) is 4.79 Å². The molecule has 0 spiro atoms. The minimum atomic E-state index is 0. The largest absolute Gasteiger partial charge is 2.00 e. The fourth-order valence-electron chi connectivity index (χ4n) is 0.